The molecule has 134 valence electrons. The van der Waals surface area contributed by atoms with Gasteiger partial charge in [0.05, 0.1) is 4.90 Å². The van der Waals surface area contributed by atoms with Crippen molar-refractivity contribution in [3.05, 3.63) is 71.5 Å². The van der Waals surface area contributed by atoms with Crippen LogP contribution in [0.4, 0.5) is 5.69 Å². The van der Waals surface area contributed by atoms with E-state index in [1.807, 2.05) is 30.5 Å². The van der Waals surface area contributed by atoms with Crippen molar-refractivity contribution in [1.82, 2.24) is 4.57 Å². The van der Waals surface area contributed by atoms with Gasteiger partial charge >= 0.3 is 0 Å². The molecule has 0 atom stereocenters. The number of nitrogens with zero attached hydrogens (tertiary/aromatic N) is 2. The Labute approximate surface area is 152 Å². The number of phenolic OH excluding ortho intramolecular Hbond substituents is 1. The quantitative estimate of drug-likeness (QED) is 0.691. The van der Waals surface area contributed by atoms with Crippen LogP contribution in [0.15, 0.2) is 64.5 Å². The number of aromatic hydroxyl groups is 1. The second-order valence-corrected chi connectivity index (χ2v) is 7.51. The number of aliphatic imine (C=N–C) groups is 1. The maximum atomic E-state index is 11.4. The molecule has 3 N–H and O–H groups in total. The second kappa shape index (κ2) is 6.78. The molecule has 0 spiro atoms. The smallest absolute Gasteiger partial charge is 0.238 e. The zero-order valence-electron chi connectivity index (χ0n) is 14.4. The van der Waals surface area contributed by atoms with Crippen molar-refractivity contribution in [2.45, 2.75) is 18.7 Å². The molecule has 0 aliphatic heterocycles. The fraction of sp³-hybridized carbons (Fsp3) is 0.105. The van der Waals surface area contributed by atoms with Gasteiger partial charge in [0.1, 0.15) is 11.4 Å². The molecular weight excluding hydrogens is 350 g/mol. The van der Waals surface area contributed by atoms with Gasteiger partial charge in [-0.2, -0.15) is 0 Å². The Morgan fingerprint density at radius 3 is 2.35 bits per heavy atom. The van der Waals surface area contributed by atoms with Crippen LogP contribution in [0.1, 0.15) is 17.0 Å². The molecule has 0 aliphatic rings. The van der Waals surface area contributed by atoms with Crippen molar-refractivity contribution in [3.8, 4) is 11.4 Å². The lowest BCUT2D eigenvalue weighted by atomic mass is 10.2. The molecule has 0 fully saturated rings. The Bertz CT molecular complexity index is 1080. The normalized spacial score (nSPS) is 12.0. The molecule has 0 unspecified atom stereocenters. The summed E-state index contributed by atoms with van der Waals surface area (Å²) in [7, 11) is -3.71. The number of hydrogen-bond donors (Lipinski definition) is 2. The lowest BCUT2D eigenvalue weighted by Gasteiger charge is -2.10. The Balaban J connectivity index is 1.97. The maximum Gasteiger partial charge on any atom is 0.238 e. The number of nitrogens with two attached hydrogens (primary N) is 1. The highest BCUT2D eigenvalue weighted by Crippen LogP contribution is 2.26. The molecule has 0 aliphatic carbocycles. The van der Waals surface area contributed by atoms with Crippen molar-refractivity contribution in [2.75, 3.05) is 0 Å². The fourth-order valence-corrected chi connectivity index (χ4v) is 3.33. The zero-order chi connectivity index (χ0) is 18.9. The first-order valence-corrected chi connectivity index (χ1v) is 9.46. The van der Waals surface area contributed by atoms with Crippen LogP contribution in [0.25, 0.3) is 5.69 Å². The van der Waals surface area contributed by atoms with Gasteiger partial charge in [0, 0.05) is 28.9 Å². The van der Waals surface area contributed by atoms with Crippen LogP contribution in [-0.2, 0) is 10.0 Å². The largest absolute Gasteiger partial charge is 0.506 e. The topological polar surface area (TPSA) is 97.7 Å². The predicted molar refractivity (Wildman–Crippen MR) is 102 cm³/mol. The summed E-state index contributed by atoms with van der Waals surface area (Å²) in [4.78, 5) is 4.42. The van der Waals surface area contributed by atoms with E-state index >= 15 is 0 Å². The van der Waals surface area contributed by atoms with Gasteiger partial charge in [0.2, 0.25) is 10.0 Å². The molecule has 0 amide bonds. The van der Waals surface area contributed by atoms with E-state index < -0.39 is 10.0 Å². The molecule has 3 aromatic rings. The summed E-state index contributed by atoms with van der Waals surface area (Å²) >= 11 is 0. The maximum absolute atomic E-state index is 11.4. The summed E-state index contributed by atoms with van der Waals surface area (Å²) < 4.78 is 24.8. The first-order chi connectivity index (χ1) is 12.3. The molecule has 6 nitrogen and oxygen atoms in total. The fourth-order valence-electron chi connectivity index (χ4n) is 2.81. The highest BCUT2D eigenvalue weighted by molar-refractivity contribution is 7.89. The summed E-state index contributed by atoms with van der Waals surface area (Å²) in [6, 6.07) is 15.2. The molecule has 1 heterocycles. The molecule has 0 bridgehead atoms. The van der Waals surface area contributed by atoms with Gasteiger partial charge in [-0.05, 0) is 56.3 Å². The number of benzene rings is 2. The van der Waals surface area contributed by atoms with Gasteiger partial charge in [-0.25, -0.2) is 13.6 Å². The van der Waals surface area contributed by atoms with Gasteiger partial charge in [-0.3, -0.25) is 4.99 Å². The number of aryl methyl sites for hydroxylation is 1. The lowest BCUT2D eigenvalue weighted by Crippen LogP contribution is -2.12. The summed E-state index contributed by atoms with van der Waals surface area (Å²) in [5.41, 5.74) is 4.15. The molecule has 3 rings (SSSR count). The van der Waals surface area contributed by atoms with E-state index in [4.69, 9.17) is 5.14 Å². The minimum absolute atomic E-state index is 0.0741. The van der Waals surface area contributed by atoms with E-state index in [1.54, 1.807) is 36.5 Å². The van der Waals surface area contributed by atoms with Crippen LogP contribution in [0.3, 0.4) is 0 Å². The number of rotatable bonds is 4. The van der Waals surface area contributed by atoms with E-state index in [1.165, 1.54) is 12.1 Å². The minimum Gasteiger partial charge on any atom is -0.506 e. The van der Waals surface area contributed by atoms with Crippen molar-refractivity contribution < 1.29 is 13.5 Å². The van der Waals surface area contributed by atoms with Crippen molar-refractivity contribution in [1.29, 1.82) is 0 Å². The highest BCUT2D eigenvalue weighted by atomic mass is 32.2. The third-order valence-corrected chi connectivity index (χ3v) is 5.05. The summed E-state index contributed by atoms with van der Waals surface area (Å²) in [6.45, 7) is 3.91. The van der Waals surface area contributed by atoms with E-state index in [9.17, 15) is 13.5 Å². The van der Waals surface area contributed by atoms with E-state index in [0.29, 0.717) is 5.69 Å². The number of phenols is 1. The van der Waals surface area contributed by atoms with Crippen molar-refractivity contribution in [3.63, 3.8) is 0 Å². The van der Waals surface area contributed by atoms with E-state index in [-0.39, 0.29) is 10.6 Å². The Morgan fingerprint density at radius 2 is 1.73 bits per heavy atom. The third-order valence-electron chi connectivity index (χ3n) is 4.12. The van der Waals surface area contributed by atoms with Crippen LogP contribution in [0, 0.1) is 13.8 Å². The summed E-state index contributed by atoms with van der Waals surface area (Å²) in [5.74, 6) is 0.121. The standard InChI is InChI=1S/C19H19N3O3S/c1-13-11-15(12-21-18-5-3-4-6-19(18)23)14(2)22(13)16-7-9-17(10-8-16)26(20,24)25/h3-12,23H,1-2H3,(H2,20,24,25). The Hall–Kier alpha value is -2.90. The van der Waals surface area contributed by atoms with Crippen LogP contribution >= 0.6 is 0 Å². The van der Waals surface area contributed by atoms with Gasteiger partial charge in [0.15, 0.2) is 0 Å². The molecule has 7 heteroatoms. The summed E-state index contributed by atoms with van der Waals surface area (Å²) in [6.07, 6.45) is 1.70. The van der Waals surface area contributed by atoms with Crippen LogP contribution in [-0.4, -0.2) is 24.3 Å². The lowest BCUT2D eigenvalue weighted by molar-refractivity contribution is 0.477. The molecule has 1 aromatic heterocycles. The first kappa shape index (κ1) is 17.9. The van der Waals surface area contributed by atoms with Gasteiger partial charge in [0.25, 0.3) is 0 Å². The monoisotopic (exact) mass is 369 g/mol. The highest BCUT2D eigenvalue weighted by Gasteiger charge is 2.12. The molecule has 2 aromatic carbocycles. The SMILES string of the molecule is Cc1cc(C=Nc2ccccc2O)c(C)n1-c1ccc(S(N)(=O)=O)cc1. The number of sulfonamides is 1. The zero-order valence-corrected chi connectivity index (χ0v) is 15.2. The van der Waals surface area contributed by atoms with Gasteiger partial charge < -0.3 is 9.67 Å². The van der Waals surface area contributed by atoms with Gasteiger partial charge in [-0.1, -0.05) is 12.1 Å². The third kappa shape index (κ3) is 3.54. The van der Waals surface area contributed by atoms with Crippen LogP contribution in [0.2, 0.25) is 0 Å². The molecular formula is C19H19N3O3S. The van der Waals surface area contributed by atoms with Crippen LogP contribution in [0.5, 0.6) is 5.75 Å². The van der Waals surface area contributed by atoms with Crippen molar-refractivity contribution in [2.24, 2.45) is 10.1 Å². The molecule has 0 saturated heterocycles. The van der Waals surface area contributed by atoms with E-state index in [2.05, 4.69) is 4.99 Å². The molecule has 26 heavy (non-hydrogen) atoms. The number of primary sulfonamides is 1. The Kier molecular flexibility index (Phi) is 4.67. The molecule has 0 saturated carbocycles. The summed E-state index contributed by atoms with van der Waals surface area (Å²) in [5, 5.41) is 15.0. The molecule has 0 radical (unpaired) electrons. The number of aromatic nitrogens is 1. The van der Waals surface area contributed by atoms with Gasteiger partial charge in [-0.15, -0.1) is 0 Å². The van der Waals surface area contributed by atoms with Crippen LogP contribution < -0.4 is 5.14 Å². The predicted octanol–water partition coefficient (Wildman–Crippen LogP) is 3.20. The van der Waals surface area contributed by atoms with E-state index in [0.717, 1.165) is 22.6 Å². The average molecular weight is 369 g/mol. The first-order valence-electron chi connectivity index (χ1n) is 7.91. The Morgan fingerprint density at radius 1 is 1.08 bits per heavy atom. The second-order valence-electron chi connectivity index (χ2n) is 5.95. The van der Waals surface area contributed by atoms with Crippen molar-refractivity contribution >= 4 is 21.9 Å². The number of para-hydroxylation sites is 2. The minimum atomic E-state index is -3.71. The number of hydrogen-bond acceptors (Lipinski definition) is 4. The average Bonchev–Trinajstić information content (AvgIpc) is 2.87.